The molecule has 1 heterocycles. The Morgan fingerprint density at radius 3 is 2.46 bits per heavy atom. The number of Topliss-reactive ketones (excluding diaryl/α,β-unsaturated/α-hetero) is 1. The van der Waals surface area contributed by atoms with Crippen molar-refractivity contribution < 1.29 is 14.0 Å². The Morgan fingerprint density at radius 1 is 1.11 bits per heavy atom. The fourth-order valence-corrected chi connectivity index (χ4v) is 3.43. The lowest BCUT2D eigenvalue weighted by atomic mass is 10.1. The predicted molar refractivity (Wildman–Crippen MR) is 107 cm³/mol. The third-order valence-electron chi connectivity index (χ3n) is 4.15. The summed E-state index contributed by atoms with van der Waals surface area (Å²) in [7, 11) is 1.79. The minimum Gasteiger partial charge on any atom is -0.324 e. The molecule has 0 fully saturated rings. The first-order valence-electron chi connectivity index (χ1n) is 8.59. The normalized spacial score (nSPS) is 11.9. The molecular formula is C20H19FN4O2S. The lowest BCUT2D eigenvalue weighted by Crippen LogP contribution is -2.23. The van der Waals surface area contributed by atoms with E-state index in [4.69, 9.17) is 0 Å². The van der Waals surface area contributed by atoms with Crippen LogP contribution in [0.1, 0.15) is 24.2 Å². The standard InChI is InChI=1S/C20H19FN4O2S/c1-12(26)16-6-4-5-7-17(16)22-19(27)13(2)28-20-24-23-18(25(20)3)14-8-10-15(21)11-9-14/h4-11,13H,1-3H3,(H,22,27)/t13-/m0/s1. The number of hydrogen-bond donors (Lipinski definition) is 1. The summed E-state index contributed by atoms with van der Waals surface area (Å²) in [5.74, 6) is -0.104. The zero-order valence-electron chi connectivity index (χ0n) is 15.6. The highest BCUT2D eigenvalue weighted by molar-refractivity contribution is 8.00. The van der Waals surface area contributed by atoms with Crippen LogP contribution in [0, 0.1) is 5.82 Å². The number of anilines is 1. The summed E-state index contributed by atoms with van der Waals surface area (Å²) in [6.07, 6.45) is 0. The first-order valence-corrected chi connectivity index (χ1v) is 9.47. The number of carbonyl (C=O) groups excluding carboxylic acids is 2. The number of para-hydroxylation sites is 1. The van der Waals surface area contributed by atoms with Crippen LogP contribution in [-0.4, -0.2) is 31.7 Å². The monoisotopic (exact) mass is 398 g/mol. The molecule has 0 aliphatic heterocycles. The maximum atomic E-state index is 13.1. The molecule has 3 aromatic rings. The molecule has 1 atom stereocenters. The van der Waals surface area contributed by atoms with Gasteiger partial charge in [-0.25, -0.2) is 4.39 Å². The molecule has 0 spiro atoms. The van der Waals surface area contributed by atoms with Gasteiger partial charge in [0.1, 0.15) is 5.82 Å². The van der Waals surface area contributed by atoms with Crippen molar-refractivity contribution in [3.63, 3.8) is 0 Å². The SMILES string of the molecule is CC(=O)c1ccccc1NC(=O)[C@H](C)Sc1nnc(-c2ccc(F)cc2)n1C. The topological polar surface area (TPSA) is 76.9 Å². The van der Waals surface area contributed by atoms with Gasteiger partial charge in [0.05, 0.1) is 10.9 Å². The van der Waals surface area contributed by atoms with Gasteiger partial charge in [-0.1, -0.05) is 23.9 Å². The minimum atomic E-state index is -0.469. The van der Waals surface area contributed by atoms with Crippen molar-refractivity contribution in [2.24, 2.45) is 7.05 Å². The average molecular weight is 398 g/mol. The highest BCUT2D eigenvalue weighted by atomic mass is 32.2. The summed E-state index contributed by atoms with van der Waals surface area (Å²) < 4.78 is 14.9. The van der Waals surface area contributed by atoms with Crippen LogP contribution in [0.4, 0.5) is 10.1 Å². The van der Waals surface area contributed by atoms with Gasteiger partial charge < -0.3 is 9.88 Å². The fourth-order valence-electron chi connectivity index (χ4n) is 2.61. The van der Waals surface area contributed by atoms with Crippen LogP contribution >= 0.6 is 11.8 Å². The third kappa shape index (κ3) is 4.28. The molecular weight excluding hydrogens is 379 g/mol. The van der Waals surface area contributed by atoms with Crippen molar-refractivity contribution >= 4 is 29.1 Å². The van der Waals surface area contributed by atoms with Gasteiger partial charge in [0, 0.05) is 18.2 Å². The molecule has 0 radical (unpaired) electrons. The van der Waals surface area contributed by atoms with E-state index in [2.05, 4.69) is 15.5 Å². The molecule has 6 nitrogen and oxygen atoms in total. The highest BCUT2D eigenvalue weighted by Crippen LogP contribution is 2.27. The number of rotatable bonds is 6. The quantitative estimate of drug-likeness (QED) is 0.503. The third-order valence-corrected chi connectivity index (χ3v) is 5.29. The first-order chi connectivity index (χ1) is 13.4. The van der Waals surface area contributed by atoms with Gasteiger partial charge in [-0.3, -0.25) is 9.59 Å². The van der Waals surface area contributed by atoms with Gasteiger partial charge in [0.25, 0.3) is 0 Å². The van der Waals surface area contributed by atoms with Crippen LogP contribution in [-0.2, 0) is 11.8 Å². The molecule has 3 rings (SSSR count). The maximum absolute atomic E-state index is 13.1. The number of amides is 1. The van der Waals surface area contributed by atoms with E-state index in [1.165, 1.54) is 30.8 Å². The number of benzene rings is 2. The minimum absolute atomic E-state index is 0.117. The van der Waals surface area contributed by atoms with Gasteiger partial charge >= 0.3 is 0 Å². The largest absolute Gasteiger partial charge is 0.324 e. The smallest absolute Gasteiger partial charge is 0.237 e. The molecule has 0 bridgehead atoms. The number of carbonyl (C=O) groups is 2. The number of aromatic nitrogens is 3. The van der Waals surface area contributed by atoms with Crippen LogP contribution in [0.5, 0.6) is 0 Å². The summed E-state index contributed by atoms with van der Waals surface area (Å²) >= 11 is 1.25. The summed E-state index contributed by atoms with van der Waals surface area (Å²) in [5.41, 5.74) is 1.68. The first kappa shape index (κ1) is 19.8. The second-order valence-corrected chi connectivity index (χ2v) is 7.53. The summed E-state index contributed by atoms with van der Waals surface area (Å²) in [6, 6.07) is 12.9. The molecule has 1 N–H and O–H groups in total. The number of ketones is 1. The second-order valence-electron chi connectivity index (χ2n) is 6.22. The molecule has 0 aliphatic rings. The number of thioether (sulfide) groups is 1. The Bertz CT molecular complexity index is 1020. The van der Waals surface area contributed by atoms with E-state index in [0.29, 0.717) is 22.2 Å². The van der Waals surface area contributed by atoms with Crippen molar-refractivity contribution in [3.8, 4) is 11.4 Å². The van der Waals surface area contributed by atoms with E-state index in [-0.39, 0.29) is 17.5 Å². The van der Waals surface area contributed by atoms with E-state index in [1.54, 1.807) is 54.9 Å². The molecule has 1 amide bonds. The molecule has 0 aliphatic carbocycles. The second kappa shape index (κ2) is 8.35. The Morgan fingerprint density at radius 2 is 1.79 bits per heavy atom. The van der Waals surface area contributed by atoms with E-state index in [1.807, 2.05) is 0 Å². The van der Waals surface area contributed by atoms with Crippen molar-refractivity contribution in [1.82, 2.24) is 14.8 Å². The van der Waals surface area contributed by atoms with Crippen LogP contribution < -0.4 is 5.32 Å². The van der Waals surface area contributed by atoms with Crippen molar-refractivity contribution in [1.29, 1.82) is 0 Å². The average Bonchev–Trinajstić information content (AvgIpc) is 3.03. The predicted octanol–water partition coefficient (Wildman–Crippen LogP) is 3.94. The van der Waals surface area contributed by atoms with E-state index < -0.39 is 5.25 Å². The number of hydrogen-bond acceptors (Lipinski definition) is 5. The maximum Gasteiger partial charge on any atom is 0.237 e. The number of nitrogens with zero attached hydrogens (tertiary/aromatic N) is 3. The summed E-state index contributed by atoms with van der Waals surface area (Å²) in [5, 5.41) is 11.2. The van der Waals surface area contributed by atoms with Crippen molar-refractivity contribution in [3.05, 3.63) is 59.9 Å². The zero-order chi connectivity index (χ0) is 20.3. The molecule has 0 saturated carbocycles. The summed E-state index contributed by atoms with van der Waals surface area (Å²) in [6.45, 7) is 3.21. The van der Waals surface area contributed by atoms with E-state index in [9.17, 15) is 14.0 Å². The van der Waals surface area contributed by atoms with Gasteiger partial charge in [-0.15, -0.1) is 10.2 Å². The molecule has 0 saturated heterocycles. The Balaban J connectivity index is 1.73. The number of nitrogens with one attached hydrogen (secondary N) is 1. The van der Waals surface area contributed by atoms with Crippen LogP contribution in [0.15, 0.2) is 53.7 Å². The Kier molecular flexibility index (Phi) is 5.89. The van der Waals surface area contributed by atoms with Gasteiger partial charge in [0.15, 0.2) is 16.8 Å². The van der Waals surface area contributed by atoms with Gasteiger partial charge in [-0.2, -0.15) is 0 Å². The highest BCUT2D eigenvalue weighted by Gasteiger charge is 2.20. The zero-order valence-corrected chi connectivity index (χ0v) is 16.5. The fraction of sp³-hybridized carbons (Fsp3) is 0.200. The molecule has 8 heteroatoms. The van der Waals surface area contributed by atoms with Crippen LogP contribution in [0.25, 0.3) is 11.4 Å². The molecule has 28 heavy (non-hydrogen) atoms. The molecule has 2 aromatic carbocycles. The lowest BCUT2D eigenvalue weighted by Gasteiger charge is -2.13. The summed E-state index contributed by atoms with van der Waals surface area (Å²) in [4.78, 5) is 24.3. The van der Waals surface area contributed by atoms with E-state index in [0.717, 1.165) is 5.56 Å². The van der Waals surface area contributed by atoms with Crippen LogP contribution in [0.2, 0.25) is 0 Å². The molecule has 0 unspecified atom stereocenters. The van der Waals surface area contributed by atoms with Crippen molar-refractivity contribution in [2.75, 3.05) is 5.32 Å². The van der Waals surface area contributed by atoms with Gasteiger partial charge in [0.2, 0.25) is 5.91 Å². The Labute approximate surface area is 166 Å². The number of halogens is 1. The van der Waals surface area contributed by atoms with Gasteiger partial charge in [-0.05, 0) is 50.2 Å². The van der Waals surface area contributed by atoms with E-state index >= 15 is 0 Å². The molecule has 144 valence electrons. The van der Waals surface area contributed by atoms with Crippen LogP contribution in [0.3, 0.4) is 0 Å². The lowest BCUT2D eigenvalue weighted by molar-refractivity contribution is -0.115. The van der Waals surface area contributed by atoms with Crippen molar-refractivity contribution in [2.45, 2.75) is 24.3 Å². The molecule has 1 aromatic heterocycles. The Hall–Kier alpha value is -3.00.